The number of nitrogens with one attached hydrogen (secondary N) is 1. The summed E-state index contributed by atoms with van der Waals surface area (Å²) in [6.07, 6.45) is 4.05. The molecule has 0 bridgehead atoms. The molecule has 4 heterocycles. The van der Waals surface area contributed by atoms with Crippen molar-refractivity contribution in [2.24, 2.45) is 0 Å². The van der Waals surface area contributed by atoms with E-state index in [9.17, 15) is 4.79 Å². The molecule has 26 heavy (non-hydrogen) atoms. The third-order valence-electron chi connectivity index (χ3n) is 4.36. The Morgan fingerprint density at radius 2 is 1.73 bits per heavy atom. The summed E-state index contributed by atoms with van der Waals surface area (Å²) < 4.78 is 1.20. The predicted octanol–water partition coefficient (Wildman–Crippen LogP) is 3.98. The first-order chi connectivity index (χ1) is 12.5. The van der Waals surface area contributed by atoms with Gasteiger partial charge in [0.25, 0.3) is 0 Å². The van der Waals surface area contributed by atoms with Gasteiger partial charge in [-0.15, -0.1) is 11.3 Å². The summed E-state index contributed by atoms with van der Waals surface area (Å²) in [5.41, 5.74) is 3.98. The second-order valence-corrected chi connectivity index (χ2v) is 8.11. The van der Waals surface area contributed by atoms with Gasteiger partial charge in [0.15, 0.2) is 11.1 Å². The van der Waals surface area contributed by atoms with Crippen LogP contribution in [-0.4, -0.2) is 32.9 Å². The van der Waals surface area contributed by atoms with E-state index in [1.165, 1.54) is 37.1 Å². The van der Waals surface area contributed by atoms with Gasteiger partial charge in [0, 0.05) is 30.1 Å². The Balaban J connectivity index is 0.000000185. The molecule has 6 heteroatoms. The van der Waals surface area contributed by atoms with E-state index in [0.29, 0.717) is 0 Å². The third-order valence-corrected chi connectivity index (χ3v) is 5.29. The SMILES string of the molecule is Cc1cc(=O)cc(C)[nH]1.Cc1nc2nc(CN3CCCCC3)ccc2s1. The maximum absolute atomic E-state index is 10.7. The zero-order valence-corrected chi connectivity index (χ0v) is 16.5. The number of H-pyrrole nitrogens is 1. The molecule has 1 fully saturated rings. The summed E-state index contributed by atoms with van der Waals surface area (Å²) in [5, 5.41) is 1.10. The molecule has 0 spiro atoms. The molecule has 5 nitrogen and oxygen atoms in total. The van der Waals surface area contributed by atoms with Crippen LogP contribution in [0.2, 0.25) is 0 Å². The number of pyridine rings is 2. The van der Waals surface area contributed by atoms with Crippen LogP contribution < -0.4 is 5.43 Å². The number of rotatable bonds is 2. The van der Waals surface area contributed by atoms with Crippen molar-refractivity contribution in [3.8, 4) is 0 Å². The number of hydrogen-bond acceptors (Lipinski definition) is 5. The monoisotopic (exact) mass is 370 g/mol. The van der Waals surface area contributed by atoms with E-state index in [4.69, 9.17) is 0 Å². The van der Waals surface area contributed by atoms with Gasteiger partial charge >= 0.3 is 0 Å². The summed E-state index contributed by atoms with van der Waals surface area (Å²) in [6, 6.07) is 7.46. The topological polar surface area (TPSA) is 61.9 Å². The van der Waals surface area contributed by atoms with Crippen LogP contribution in [-0.2, 0) is 6.54 Å². The maximum Gasteiger partial charge on any atom is 0.182 e. The number of piperidine rings is 1. The first-order valence-electron chi connectivity index (χ1n) is 9.12. The zero-order valence-electron chi connectivity index (χ0n) is 15.7. The Hall–Kier alpha value is -2.05. The molecule has 1 aliphatic rings. The van der Waals surface area contributed by atoms with Crippen LogP contribution in [0.15, 0.2) is 29.1 Å². The minimum absolute atomic E-state index is 0.0729. The second kappa shape index (κ2) is 8.56. The van der Waals surface area contributed by atoms with Crippen LogP contribution in [0.3, 0.4) is 0 Å². The van der Waals surface area contributed by atoms with Crippen molar-refractivity contribution in [2.75, 3.05) is 13.1 Å². The lowest BCUT2D eigenvalue weighted by Gasteiger charge is -2.25. The average Bonchev–Trinajstić information content (AvgIpc) is 2.94. The quantitative estimate of drug-likeness (QED) is 0.741. The van der Waals surface area contributed by atoms with Gasteiger partial charge in [-0.3, -0.25) is 9.69 Å². The average molecular weight is 371 g/mol. The molecule has 138 valence electrons. The molecule has 1 aliphatic heterocycles. The highest BCUT2D eigenvalue weighted by Gasteiger charge is 2.11. The predicted molar refractivity (Wildman–Crippen MR) is 108 cm³/mol. The Morgan fingerprint density at radius 3 is 2.38 bits per heavy atom. The lowest BCUT2D eigenvalue weighted by Crippen LogP contribution is -2.29. The highest BCUT2D eigenvalue weighted by atomic mass is 32.1. The van der Waals surface area contributed by atoms with Gasteiger partial charge < -0.3 is 4.98 Å². The van der Waals surface area contributed by atoms with Crippen molar-refractivity contribution in [1.82, 2.24) is 19.9 Å². The van der Waals surface area contributed by atoms with Crippen molar-refractivity contribution >= 4 is 21.7 Å². The normalized spacial score (nSPS) is 14.9. The fourth-order valence-corrected chi connectivity index (χ4v) is 4.02. The number of fused-ring (bicyclic) bond motifs is 1. The highest BCUT2D eigenvalue weighted by molar-refractivity contribution is 7.18. The van der Waals surface area contributed by atoms with Gasteiger partial charge in [0.1, 0.15) is 0 Å². The lowest BCUT2D eigenvalue weighted by atomic mass is 10.1. The summed E-state index contributed by atoms with van der Waals surface area (Å²) in [7, 11) is 0. The Morgan fingerprint density at radius 1 is 1.04 bits per heavy atom. The van der Waals surface area contributed by atoms with E-state index in [1.807, 2.05) is 20.8 Å². The molecule has 0 aromatic carbocycles. The smallest absolute Gasteiger partial charge is 0.182 e. The van der Waals surface area contributed by atoms with E-state index in [-0.39, 0.29) is 5.43 Å². The number of likely N-dealkylation sites (tertiary alicyclic amines) is 1. The van der Waals surface area contributed by atoms with Crippen molar-refractivity contribution in [3.05, 3.63) is 56.6 Å². The van der Waals surface area contributed by atoms with Crippen LogP contribution in [0, 0.1) is 20.8 Å². The minimum atomic E-state index is 0.0729. The van der Waals surface area contributed by atoms with Crippen LogP contribution in [0.25, 0.3) is 10.3 Å². The zero-order chi connectivity index (χ0) is 18.5. The van der Waals surface area contributed by atoms with Crippen LogP contribution in [0.1, 0.15) is 41.4 Å². The lowest BCUT2D eigenvalue weighted by molar-refractivity contribution is 0.219. The van der Waals surface area contributed by atoms with Gasteiger partial charge in [-0.2, -0.15) is 0 Å². The summed E-state index contributed by atoms with van der Waals surface area (Å²) in [6.45, 7) is 9.19. The summed E-state index contributed by atoms with van der Waals surface area (Å²) in [5.74, 6) is 0. The molecule has 4 rings (SSSR count). The molecule has 0 unspecified atom stereocenters. The fourth-order valence-electron chi connectivity index (χ4n) is 3.25. The first kappa shape index (κ1) is 18.7. The number of aromatic amines is 1. The molecule has 3 aromatic heterocycles. The number of aryl methyl sites for hydroxylation is 3. The maximum atomic E-state index is 10.7. The van der Waals surface area contributed by atoms with Crippen molar-refractivity contribution in [1.29, 1.82) is 0 Å². The number of hydrogen-bond donors (Lipinski definition) is 1. The molecule has 0 atom stereocenters. The molecule has 0 saturated carbocycles. The van der Waals surface area contributed by atoms with Crippen molar-refractivity contribution in [3.63, 3.8) is 0 Å². The number of thiazole rings is 1. The molecule has 1 N–H and O–H groups in total. The van der Waals surface area contributed by atoms with Crippen LogP contribution in [0.5, 0.6) is 0 Å². The molecule has 0 aliphatic carbocycles. The molecular weight excluding hydrogens is 344 g/mol. The largest absolute Gasteiger partial charge is 0.362 e. The van der Waals surface area contributed by atoms with E-state index < -0.39 is 0 Å². The highest BCUT2D eigenvalue weighted by Crippen LogP contribution is 2.21. The summed E-state index contributed by atoms with van der Waals surface area (Å²) >= 11 is 1.72. The number of nitrogens with zero attached hydrogens (tertiary/aromatic N) is 3. The van der Waals surface area contributed by atoms with Gasteiger partial charge in [-0.05, 0) is 58.8 Å². The Bertz CT molecular complexity index is 902. The fraction of sp³-hybridized carbons (Fsp3) is 0.450. The van der Waals surface area contributed by atoms with E-state index in [0.717, 1.165) is 34.3 Å². The Labute approximate surface area is 158 Å². The Kier molecular flexibility index (Phi) is 6.16. The molecule has 1 saturated heterocycles. The second-order valence-electron chi connectivity index (χ2n) is 6.88. The van der Waals surface area contributed by atoms with Gasteiger partial charge in [-0.1, -0.05) is 6.42 Å². The molecule has 0 amide bonds. The van der Waals surface area contributed by atoms with E-state index in [2.05, 4.69) is 32.0 Å². The van der Waals surface area contributed by atoms with E-state index in [1.54, 1.807) is 23.5 Å². The first-order valence-corrected chi connectivity index (χ1v) is 9.94. The van der Waals surface area contributed by atoms with Gasteiger partial charge in [-0.25, -0.2) is 9.97 Å². The van der Waals surface area contributed by atoms with Crippen molar-refractivity contribution in [2.45, 2.75) is 46.6 Å². The molecular formula is C20H26N4OS. The van der Waals surface area contributed by atoms with Crippen LogP contribution >= 0.6 is 11.3 Å². The molecule has 3 aromatic rings. The standard InChI is InChI=1S/C13H17N3S.C7H9NO/c1-10-14-13-12(17-10)6-5-11(15-13)9-16-7-3-2-4-8-16;1-5-3-7(9)4-6(2)8-5/h5-6H,2-4,7-9H2,1H3;3-4H,1-2H3,(H,8,9). The molecule has 0 radical (unpaired) electrons. The third kappa shape index (κ3) is 5.22. The van der Waals surface area contributed by atoms with Crippen LogP contribution in [0.4, 0.5) is 0 Å². The number of aromatic nitrogens is 3. The van der Waals surface area contributed by atoms with Crippen molar-refractivity contribution < 1.29 is 0 Å². The minimum Gasteiger partial charge on any atom is -0.362 e. The van der Waals surface area contributed by atoms with Gasteiger partial charge in [0.05, 0.1) is 15.4 Å². The van der Waals surface area contributed by atoms with E-state index >= 15 is 0 Å². The summed E-state index contributed by atoms with van der Waals surface area (Å²) in [4.78, 5) is 25.3. The van der Waals surface area contributed by atoms with Gasteiger partial charge in [0.2, 0.25) is 0 Å².